The number of rotatable bonds is 6. The van der Waals surface area contributed by atoms with Crippen molar-refractivity contribution in [3.63, 3.8) is 0 Å². The lowest BCUT2D eigenvalue weighted by Gasteiger charge is -2.07. The fourth-order valence-electron chi connectivity index (χ4n) is 1.37. The highest BCUT2D eigenvalue weighted by molar-refractivity contribution is 7.89. The van der Waals surface area contributed by atoms with Gasteiger partial charge in [-0.3, -0.25) is 4.79 Å². The van der Waals surface area contributed by atoms with Crippen molar-refractivity contribution in [3.8, 4) is 0 Å². The number of amides is 1. The van der Waals surface area contributed by atoms with E-state index in [1.807, 2.05) is 0 Å². The van der Waals surface area contributed by atoms with Crippen LogP contribution in [0, 0.1) is 5.82 Å². The number of primary sulfonamides is 1. The molecule has 19 heavy (non-hydrogen) atoms. The van der Waals surface area contributed by atoms with Crippen LogP contribution in [0.1, 0.15) is 16.8 Å². The zero-order valence-electron chi connectivity index (χ0n) is 10.3. The molecule has 0 heterocycles. The quantitative estimate of drug-likeness (QED) is 0.733. The summed E-state index contributed by atoms with van der Waals surface area (Å²) in [7, 11) is -2.45. The number of nitrogens with two attached hydrogens (primary N) is 1. The van der Waals surface area contributed by atoms with Crippen LogP contribution in [0.5, 0.6) is 0 Å². The molecule has 0 saturated carbocycles. The van der Waals surface area contributed by atoms with Crippen LogP contribution in [0.3, 0.4) is 0 Å². The SMILES string of the molecule is COCCCNC(=O)c1cc(S(N)(=O)=O)ccc1F. The molecule has 6 nitrogen and oxygen atoms in total. The third-order valence-corrected chi connectivity index (χ3v) is 3.23. The van der Waals surface area contributed by atoms with E-state index in [1.54, 1.807) is 0 Å². The van der Waals surface area contributed by atoms with Gasteiger partial charge in [0.1, 0.15) is 5.82 Å². The number of carbonyl (C=O) groups excluding carboxylic acids is 1. The standard InChI is InChI=1S/C11H15FN2O4S/c1-18-6-2-5-14-11(15)9-7-8(19(13,16)17)3-4-10(9)12/h3-4,7H,2,5-6H2,1H3,(H,14,15)(H2,13,16,17). The zero-order valence-corrected chi connectivity index (χ0v) is 11.2. The van der Waals surface area contributed by atoms with Gasteiger partial charge in [0.05, 0.1) is 10.5 Å². The molecule has 0 fully saturated rings. The molecule has 0 atom stereocenters. The molecule has 1 rings (SSSR count). The Morgan fingerprint density at radius 2 is 2.16 bits per heavy atom. The van der Waals surface area contributed by atoms with E-state index in [0.717, 1.165) is 18.2 Å². The molecular formula is C11H15FN2O4S. The maximum absolute atomic E-state index is 13.5. The summed E-state index contributed by atoms with van der Waals surface area (Å²) in [5.41, 5.74) is -0.357. The zero-order chi connectivity index (χ0) is 14.5. The van der Waals surface area contributed by atoms with Crippen LogP contribution in [-0.2, 0) is 14.8 Å². The van der Waals surface area contributed by atoms with Gasteiger partial charge in [0.2, 0.25) is 10.0 Å². The molecule has 3 N–H and O–H groups in total. The molecule has 0 aliphatic rings. The van der Waals surface area contributed by atoms with E-state index in [-0.39, 0.29) is 10.5 Å². The number of carbonyl (C=O) groups is 1. The Balaban J connectivity index is 2.84. The van der Waals surface area contributed by atoms with Crippen LogP contribution in [0.25, 0.3) is 0 Å². The molecule has 0 aromatic heterocycles. The Morgan fingerprint density at radius 3 is 2.74 bits per heavy atom. The molecular weight excluding hydrogens is 275 g/mol. The highest BCUT2D eigenvalue weighted by Crippen LogP contribution is 2.13. The smallest absolute Gasteiger partial charge is 0.254 e. The van der Waals surface area contributed by atoms with Gasteiger partial charge in [-0.15, -0.1) is 0 Å². The summed E-state index contributed by atoms with van der Waals surface area (Å²) in [5.74, 6) is -1.50. The van der Waals surface area contributed by atoms with E-state index in [9.17, 15) is 17.6 Å². The minimum Gasteiger partial charge on any atom is -0.385 e. The van der Waals surface area contributed by atoms with Crippen molar-refractivity contribution in [2.24, 2.45) is 5.14 Å². The average molecular weight is 290 g/mol. The molecule has 0 unspecified atom stereocenters. The predicted molar refractivity (Wildman–Crippen MR) is 66.6 cm³/mol. The molecule has 0 saturated heterocycles. The van der Waals surface area contributed by atoms with Gasteiger partial charge in [-0.1, -0.05) is 0 Å². The third-order valence-electron chi connectivity index (χ3n) is 2.32. The molecule has 8 heteroatoms. The van der Waals surface area contributed by atoms with Gasteiger partial charge in [0.25, 0.3) is 5.91 Å². The van der Waals surface area contributed by atoms with Gasteiger partial charge in [-0.25, -0.2) is 17.9 Å². The summed E-state index contributed by atoms with van der Waals surface area (Å²) < 4.78 is 40.5. The van der Waals surface area contributed by atoms with Crippen LogP contribution in [0.4, 0.5) is 4.39 Å². The predicted octanol–water partition coefficient (Wildman–Crippen LogP) is 0.239. The Morgan fingerprint density at radius 1 is 1.47 bits per heavy atom. The monoisotopic (exact) mass is 290 g/mol. The normalized spacial score (nSPS) is 11.3. The van der Waals surface area contributed by atoms with Gasteiger partial charge in [0.15, 0.2) is 0 Å². The fourth-order valence-corrected chi connectivity index (χ4v) is 1.91. The number of hydrogen-bond donors (Lipinski definition) is 2. The summed E-state index contributed by atoms with van der Waals surface area (Å²) in [4.78, 5) is 11.4. The molecule has 106 valence electrons. The maximum atomic E-state index is 13.5. The van der Waals surface area contributed by atoms with Crippen LogP contribution >= 0.6 is 0 Å². The van der Waals surface area contributed by atoms with Gasteiger partial charge in [-0.05, 0) is 24.6 Å². The van der Waals surface area contributed by atoms with E-state index in [2.05, 4.69) is 5.32 Å². The Labute approximate surface area is 110 Å². The first-order valence-corrected chi connectivity index (χ1v) is 7.00. The van der Waals surface area contributed by atoms with E-state index < -0.39 is 21.7 Å². The van der Waals surface area contributed by atoms with Crippen molar-refractivity contribution >= 4 is 15.9 Å². The summed E-state index contributed by atoms with van der Waals surface area (Å²) >= 11 is 0. The Bertz CT molecular complexity index is 560. The second-order valence-electron chi connectivity index (χ2n) is 3.79. The second kappa shape index (κ2) is 6.60. The molecule has 0 bridgehead atoms. The van der Waals surface area contributed by atoms with Crippen molar-refractivity contribution in [3.05, 3.63) is 29.6 Å². The van der Waals surface area contributed by atoms with Gasteiger partial charge in [-0.2, -0.15) is 0 Å². The topological polar surface area (TPSA) is 98.5 Å². The van der Waals surface area contributed by atoms with E-state index in [1.165, 1.54) is 7.11 Å². The first-order chi connectivity index (χ1) is 8.86. The molecule has 0 aliphatic carbocycles. The molecule has 1 aromatic carbocycles. The van der Waals surface area contributed by atoms with E-state index >= 15 is 0 Å². The van der Waals surface area contributed by atoms with Crippen molar-refractivity contribution in [1.29, 1.82) is 0 Å². The van der Waals surface area contributed by atoms with Crippen LogP contribution in [0.2, 0.25) is 0 Å². The molecule has 0 aliphatic heterocycles. The highest BCUT2D eigenvalue weighted by atomic mass is 32.2. The maximum Gasteiger partial charge on any atom is 0.254 e. The van der Waals surface area contributed by atoms with Crippen molar-refractivity contribution < 1.29 is 22.3 Å². The lowest BCUT2D eigenvalue weighted by Crippen LogP contribution is -2.26. The number of sulfonamides is 1. The molecule has 1 aromatic rings. The minimum absolute atomic E-state index is 0.297. The second-order valence-corrected chi connectivity index (χ2v) is 5.35. The van der Waals surface area contributed by atoms with E-state index in [0.29, 0.717) is 19.6 Å². The Hall–Kier alpha value is -1.51. The minimum atomic E-state index is -3.97. The summed E-state index contributed by atoms with van der Waals surface area (Å²) in [5, 5.41) is 7.38. The van der Waals surface area contributed by atoms with Gasteiger partial charge < -0.3 is 10.1 Å². The van der Waals surface area contributed by atoms with Crippen molar-refractivity contribution in [2.75, 3.05) is 20.3 Å². The molecule has 0 spiro atoms. The van der Waals surface area contributed by atoms with Crippen LogP contribution < -0.4 is 10.5 Å². The third kappa shape index (κ3) is 4.58. The van der Waals surface area contributed by atoms with Crippen molar-refractivity contribution in [2.45, 2.75) is 11.3 Å². The summed E-state index contributed by atoms with van der Waals surface area (Å²) in [6.07, 6.45) is 0.568. The summed E-state index contributed by atoms with van der Waals surface area (Å²) in [6, 6.07) is 2.81. The number of methoxy groups -OCH3 is 1. The first-order valence-electron chi connectivity index (χ1n) is 5.45. The van der Waals surface area contributed by atoms with E-state index in [4.69, 9.17) is 9.88 Å². The highest BCUT2D eigenvalue weighted by Gasteiger charge is 2.16. The number of ether oxygens (including phenoxy) is 1. The average Bonchev–Trinajstić information content (AvgIpc) is 2.33. The van der Waals surface area contributed by atoms with Gasteiger partial charge in [0, 0.05) is 20.3 Å². The van der Waals surface area contributed by atoms with Gasteiger partial charge >= 0.3 is 0 Å². The number of nitrogens with one attached hydrogen (secondary N) is 1. The lowest BCUT2D eigenvalue weighted by molar-refractivity contribution is 0.0944. The van der Waals surface area contributed by atoms with Crippen molar-refractivity contribution in [1.82, 2.24) is 5.32 Å². The number of halogens is 1. The summed E-state index contributed by atoms with van der Waals surface area (Å²) in [6.45, 7) is 0.756. The Kier molecular flexibility index (Phi) is 5.40. The lowest BCUT2D eigenvalue weighted by atomic mass is 10.2. The number of hydrogen-bond acceptors (Lipinski definition) is 4. The fraction of sp³-hybridized carbons (Fsp3) is 0.364. The first kappa shape index (κ1) is 15.5. The molecule has 1 amide bonds. The largest absolute Gasteiger partial charge is 0.385 e. The number of benzene rings is 1. The van der Waals surface area contributed by atoms with Crippen LogP contribution in [0.15, 0.2) is 23.1 Å². The molecule has 0 radical (unpaired) electrons. The van der Waals surface area contributed by atoms with Crippen LogP contribution in [-0.4, -0.2) is 34.6 Å².